The summed E-state index contributed by atoms with van der Waals surface area (Å²) < 4.78 is 0. The van der Waals surface area contributed by atoms with Crippen molar-refractivity contribution in [1.82, 2.24) is 20.7 Å². The molecule has 0 saturated carbocycles. The summed E-state index contributed by atoms with van der Waals surface area (Å²) in [4.78, 5) is 5.39. The number of rotatable bonds is 4. The van der Waals surface area contributed by atoms with Gasteiger partial charge < -0.3 is 0 Å². The maximum atomic E-state index is 6.02. The molecule has 4 nitrogen and oxygen atoms in total. The molecule has 1 aromatic carbocycles. The van der Waals surface area contributed by atoms with Crippen LogP contribution in [0.3, 0.4) is 0 Å². The van der Waals surface area contributed by atoms with Gasteiger partial charge in [-0.2, -0.15) is 0 Å². The molecule has 3 aliphatic heterocycles. The van der Waals surface area contributed by atoms with Crippen LogP contribution < -0.4 is 10.9 Å². The molecule has 0 amide bonds. The average Bonchev–Trinajstić information content (AvgIpc) is 3.00. The molecular formula is C19H29ClN4. The third kappa shape index (κ3) is 3.49. The molecule has 0 aliphatic carbocycles. The predicted molar refractivity (Wildman–Crippen MR) is 99.1 cm³/mol. The summed E-state index contributed by atoms with van der Waals surface area (Å²) in [5.74, 6) is 0.617. The normalized spacial score (nSPS) is 32.8. The summed E-state index contributed by atoms with van der Waals surface area (Å²) in [5, 5.41) is 0.808. The number of halogens is 1. The average molecular weight is 349 g/mol. The van der Waals surface area contributed by atoms with E-state index in [0.717, 1.165) is 23.7 Å². The lowest BCUT2D eigenvalue weighted by Gasteiger charge is -2.50. The second kappa shape index (κ2) is 7.30. The molecule has 2 N–H and O–H groups in total. The molecule has 24 heavy (non-hydrogen) atoms. The lowest BCUT2D eigenvalue weighted by molar-refractivity contribution is -0.00911. The zero-order valence-electron chi connectivity index (χ0n) is 14.5. The number of hydrogen-bond acceptors (Lipinski definition) is 4. The molecule has 3 fully saturated rings. The molecule has 0 aromatic heterocycles. The van der Waals surface area contributed by atoms with Crippen LogP contribution in [-0.4, -0.2) is 54.6 Å². The fraction of sp³-hybridized carbons (Fsp3) is 0.684. The fourth-order valence-electron chi connectivity index (χ4n) is 4.63. The number of nitrogens with zero attached hydrogens (tertiary/aromatic N) is 2. The minimum absolute atomic E-state index is 0.384. The van der Waals surface area contributed by atoms with Gasteiger partial charge in [-0.05, 0) is 44.0 Å². The van der Waals surface area contributed by atoms with Crippen LogP contribution >= 0.6 is 11.6 Å². The summed E-state index contributed by atoms with van der Waals surface area (Å²) in [6.45, 7) is 8.41. The van der Waals surface area contributed by atoms with Crippen LogP contribution in [0.4, 0.5) is 0 Å². The Morgan fingerprint density at radius 2 is 1.96 bits per heavy atom. The van der Waals surface area contributed by atoms with E-state index in [4.69, 9.17) is 11.6 Å². The maximum Gasteiger partial charge on any atom is 0.0515 e. The molecule has 3 aliphatic rings. The highest BCUT2D eigenvalue weighted by atomic mass is 35.5. The van der Waals surface area contributed by atoms with Crippen LogP contribution in [0.1, 0.15) is 37.8 Å². The van der Waals surface area contributed by atoms with Gasteiger partial charge in [-0.3, -0.25) is 15.2 Å². The van der Waals surface area contributed by atoms with Crippen molar-refractivity contribution in [2.45, 2.75) is 44.3 Å². The Morgan fingerprint density at radius 3 is 2.71 bits per heavy atom. The van der Waals surface area contributed by atoms with E-state index in [-0.39, 0.29) is 0 Å². The van der Waals surface area contributed by atoms with Crippen molar-refractivity contribution < 1.29 is 0 Å². The SMILES string of the molecule is CC1CCCCN1C1CN(CC2CNNC2c2ccc(Cl)cc2)C1. The molecule has 132 valence electrons. The van der Waals surface area contributed by atoms with Crippen molar-refractivity contribution >= 4 is 11.6 Å². The van der Waals surface area contributed by atoms with Gasteiger partial charge in [-0.1, -0.05) is 30.2 Å². The number of hydrogen-bond donors (Lipinski definition) is 2. The van der Waals surface area contributed by atoms with Gasteiger partial charge in [-0.25, -0.2) is 5.43 Å². The third-order valence-corrected chi connectivity index (χ3v) is 6.33. The topological polar surface area (TPSA) is 30.5 Å². The van der Waals surface area contributed by atoms with E-state index in [0.29, 0.717) is 12.0 Å². The fourth-order valence-corrected chi connectivity index (χ4v) is 4.75. The third-order valence-electron chi connectivity index (χ3n) is 6.08. The van der Waals surface area contributed by atoms with Crippen molar-refractivity contribution in [3.8, 4) is 0 Å². The molecule has 0 radical (unpaired) electrons. The van der Waals surface area contributed by atoms with E-state index >= 15 is 0 Å². The summed E-state index contributed by atoms with van der Waals surface area (Å²) >= 11 is 6.02. The van der Waals surface area contributed by atoms with Gasteiger partial charge in [0.15, 0.2) is 0 Å². The smallest absolute Gasteiger partial charge is 0.0515 e. The summed E-state index contributed by atoms with van der Waals surface area (Å²) in [7, 11) is 0. The van der Waals surface area contributed by atoms with Gasteiger partial charge in [0.25, 0.3) is 0 Å². The molecular weight excluding hydrogens is 320 g/mol. The number of likely N-dealkylation sites (tertiary alicyclic amines) is 2. The Morgan fingerprint density at radius 1 is 1.17 bits per heavy atom. The van der Waals surface area contributed by atoms with E-state index in [1.807, 2.05) is 12.1 Å². The second-order valence-electron chi connectivity index (χ2n) is 7.77. The van der Waals surface area contributed by atoms with Crippen LogP contribution in [0, 0.1) is 5.92 Å². The van der Waals surface area contributed by atoms with E-state index in [2.05, 4.69) is 39.7 Å². The highest BCUT2D eigenvalue weighted by Gasteiger charge is 2.38. The van der Waals surface area contributed by atoms with Crippen LogP contribution in [0.25, 0.3) is 0 Å². The largest absolute Gasteiger partial charge is 0.300 e. The molecule has 3 unspecified atom stereocenters. The maximum absolute atomic E-state index is 6.02. The van der Waals surface area contributed by atoms with Gasteiger partial charge in [0.2, 0.25) is 0 Å². The van der Waals surface area contributed by atoms with Crippen LogP contribution in [0.2, 0.25) is 5.02 Å². The Balaban J connectivity index is 1.30. The summed E-state index contributed by atoms with van der Waals surface area (Å²) in [5.41, 5.74) is 8.13. The van der Waals surface area contributed by atoms with Gasteiger partial charge in [0.1, 0.15) is 0 Å². The Kier molecular flexibility index (Phi) is 5.11. The highest BCUT2D eigenvalue weighted by Crippen LogP contribution is 2.30. The molecule has 3 heterocycles. The standard InChI is InChI=1S/C19H29ClN4/c1-14-4-2-3-9-24(14)18-12-23(13-18)11-16-10-21-22-19(16)15-5-7-17(20)8-6-15/h5-8,14,16,18-19,21-22H,2-4,9-13H2,1H3. The first kappa shape index (κ1) is 16.8. The van der Waals surface area contributed by atoms with Crippen molar-refractivity contribution in [1.29, 1.82) is 0 Å². The lowest BCUT2D eigenvalue weighted by Crippen LogP contribution is -2.63. The van der Waals surface area contributed by atoms with Crippen LogP contribution in [0.5, 0.6) is 0 Å². The van der Waals surface area contributed by atoms with Gasteiger partial charge in [-0.15, -0.1) is 0 Å². The van der Waals surface area contributed by atoms with E-state index in [1.165, 1.54) is 51.0 Å². The molecule has 0 bridgehead atoms. The first-order valence-corrected chi connectivity index (χ1v) is 9.80. The van der Waals surface area contributed by atoms with E-state index in [1.54, 1.807) is 0 Å². The Hall–Kier alpha value is -0.650. The van der Waals surface area contributed by atoms with E-state index in [9.17, 15) is 0 Å². The molecule has 0 spiro atoms. The van der Waals surface area contributed by atoms with Crippen molar-refractivity contribution in [3.05, 3.63) is 34.9 Å². The second-order valence-corrected chi connectivity index (χ2v) is 8.21. The monoisotopic (exact) mass is 348 g/mol. The summed E-state index contributed by atoms with van der Waals surface area (Å²) in [6, 6.07) is 10.2. The first-order chi connectivity index (χ1) is 11.7. The van der Waals surface area contributed by atoms with Crippen molar-refractivity contribution in [3.63, 3.8) is 0 Å². The predicted octanol–water partition coefficient (Wildman–Crippen LogP) is 2.66. The van der Waals surface area contributed by atoms with E-state index < -0.39 is 0 Å². The number of hydrazine groups is 1. The molecule has 4 rings (SSSR count). The summed E-state index contributed by atoms with van der Waals surface area (Å²) in [6.07, 6.45) is 4.18. The lowest BCUT2D eigenvalue weighted by atomic mass is 9.92. The molecule has 3 saturated heterocycles. The minimum Gasteiger partial charge on any atom is -0.300 e. The van der Waals surface area contributed by atoms with Gasteiger partial charge >= 0.3 is 0 Å². The zero-order valence-corrected chi connectivity index (χ0v) is 15.3. The molecule has 5 heteroatoms. The van der Waals surface area contributed by atoms with Crippen LogP contribution in [-0.2, 0) is 0 Å². The van der Waals surface area contributed by atoms with Gasteiger partial charge in [0, 0.05) is 49.2 Å². The Bertz CT molecular complexity index is 543. The number of benzene rings is 1. The highest BCUT2D eigenvalue weighted by molar-refractivity contribution is 6.30. The van der Waals surface area contributed by atoms with Gasteiger partial charge in [0.05, 0.1) is 6.04 Å². The number of nitrogens with one attached hydrogen (secondary N) is 2. The molecule has 1 aromatic rings. The Labute approximate surface area is 150 Å². The van der Waals surface area contributed by atoms with Crippen LogP contribution in [0.15, 0.2) is 24.3 Å². The van der Waals surface area contributed by atoms with Crippen molar-refractivity contribution in [2.24, 2.45) is 5.92 Å². The molecule has 3 atom stereocenters. The minimum atomic E-state index is 0.384. The number of piperidine rings is 1. The zero-order chi connectivity index (χ0) is 16.5. The van der Waals surface area contributed by atoms with Crippen molar-refractivity contribution in [2.75, 3.05) is 32.7 Å². The first-order valence-electron chi connectivity index (χ1n) is 9.42. The quantitative estimate of drug-likeness (QED) is 0.875.